The second-order valence-electron chi connectivity index (χ2n) is 3.55. The van der Waals surface area contributed by atoms with Crippen molar-refractivity contribution in [2.75, 3.05) is 6.54 Å². The van der Waals surface area contributed by atoms with Gasteiger partial charge in [-0.25, -0.2) is 4.99 Å². The minimum Gasteiger partial charge on any atom is -0.370 e. The number of halogens is 2. The average Bonchev–Trinajstić information content (AvgIpc) is 2.26. The third kappa shape index (κ3) is 4.29. The molecule has 0 bridgehead atoms. The molecular formula is C12H15Cl2N3. The molecule has 1 aromatic rings. The van der Waals surface area contributed by atoms with Gasteiger partial charge in [-0.15, -0.1) is 6.58 Å². The molecule has 1 aromatic carbocycles. The first kappa shape index (κ1) is 13.9. The Kier molecular flexibility index (Phi) is 5.32. The molecule has 3 N–H and O–H groups in total. The van der Waals surface area contributed by atoms with Gasteiger partial charge >= 0.3 is 0 Å². The molecule has 0 heterocycles. The average molecular weight is 272 g/mol. The van der Waals surface area contributed by atoms with Crippen molar-refractivity contribution >= 4 is 29.2 Å². The highest BCUT2D eigenvalue weighted by Crippen LogP contribution is 2.25. The summed E-state index contributed by atoms with van der Waals surface area (Å²) in [6.45, 7) is 6.00. The van der Waals surface area contributed by atoms with Gasteiger partial charge in [-0.2, -0.15) is 0 Å². The Morgan fingerprint density at radius 1 is 1.59 bits per heavy atom. The normalized spacial score (nSPS) is 13.2. The van der Waals surface area contributed by atoms with Crippen LogP contribution in [0.5, 0.6) is 0 Å². The van der Waals surface area contributed by atoms with Crippen LogP contribution < -0.4 is 11.1 Å². The van der Waals surface area contributed by atoms with Crippen LogP contribution in [0.2, 0.25) is 10.0 Å². The maximum absolute atomic E-state index is 6.09. The number of hydrogen-bond acceptors (Lipinski definition) is 1. The summed E-state index contributed by atoms with van der Waals surface area (Å²) >= 11 is 11.9. The fourth-order valence-corrected chi connectivity index (χ4v) is 1.93. The minimum atomic E-state index is -0.0340. The van der Waals surface area contributed by atoms with E-state index < -0.39 is 0 Å². The van der Waals surface area contributed by atoms with Crippen LogP contribution in [0.15, 0.2) is 35.8 Å². The van der Waals surface area contributed by atoms with E-state index in [1.165, 1.54) is 0 Å². The molecule has 0 aromatic heterocycles. The third-order valence-corrected chi connectivity index (χ3v) is 2.75. The fourth-order valence-electron chi connectivity index (χ4n) is 1.36. The monoisotopic (exact) mass is 271 g/mol. The molecular weight excluding hydrogens is 257 g/mol. The van der Waals surface area contributed by atoms with Crippen LogP contribution in [0.25, 0.3) is 0 Å². The van der Waals surface area contributed by atoms with Crippen molar-refractivity contribution < 1.29 is 0 Å². The quantitative estimate of drug-likeness (QED) is 0.502. The molecule has 0 amide bonds. The van der Waals surface area contributed by atoms with Crippen molar-refractivity contribution in [3.8, 4) is 0 Å². The summed E-state index contributed by atoms with van der Waals surface area (Å²) in [5, 5.41) is 4.26. The molecule has 3 nitrogen and oxygen atoms in total. The van der Waals surface area contributed by atoms with Gasteiger partial charge in [0.25, 0.3) is 0 Å². The Hall–Kier alpha value is -1.19. The molecule has 0 radical (unpaired) electrons. The number of nitrogens with two attached hydrogens (primary N) is 1. The summed E-state index contributed by atoms with van der Waals surface area (Å²) in [7, 11) is 0. The number of benzene rings is 1. The van der Waals surface area contributed by atoms with E-state index in [1.54, 1.807) is 18.2 Å². The first-order valence-corrected chi connectivity index (χ1v) is 5.92. The predicted octanol–water partition coefficient (Wildman–Crippen LogP) is 3.14. The van der Waals surface area contributed by atoms with Gasteiger partial charge in [-0.1, -0.05) is 35.3 Å². The van der Waals surface area contributed by atoms with Gasteiger partial charge in [-0.05, 0) is 24.6 Å². The lowest BCUT2D eigenvalue weighted by Gasteiger charge is -2.16. The van der Waals surface area contributed by atoms with Gasteiger partial charge in [-0.3, -0.25) is 0 Å². The van der Waals surface area contributed by atoms with Crippen molar-refractivity contribution in [3.63, 3.8) is 0 Å². The maximum atomic E-state index is 6.09. The van der Waals surface area contributed by atoms with Gasteiger partial charge in [0.2, 0.25) is 0 Å². The predicted molar refractivity (Wildman–Crippen MR) is 74.7 cm³/mol. The lowest BCUT2D eigenvalue weighted by molar-refractivity contribution is 0.710. The van der Waals surface area contributed by atoms with Crippen LogP contribution in [0.4, 0.5) is 0 Å². The largest absolute Gasteiger partial charge is 0.370 e. The van der Waals surface area contributed by atoms with Crippen molar-refractivity contribution in [2.24, 2.45) is 10.7 Å². The van der Waals surface area contributed by atoms with Gasteiger partial charge in [0.05, 0.1) is 12.6 Å². The number of aliphatic imine (C=N–C) groups is 1. The number of nitrogens with zero attached hydrogens (tertiary/aromatic N) is 1. The van der Waals surface area contributed by atoms with E-state index in [2.05, 4.69) is 16.9 Å². The molecule has 0 saturated carbocycles. The highest BCUT2D eigenvalue weighted by Gasteiger charge is 2.10. The molecule has 0 spiro atoms. The minimum absolute atomic E-state index is 0.0340. The molecule has 0 fully saturated rings. The van der Waals surface area contributed by atoms with E-state index in [1.807, 2.05) is 13.0 Å². The maximum Gasteiger partial charge on any atom is 0.189 e. The molecule has 0 aliphatic rings. The topological polar surface area (TPSA) is 50.4 Å². The van der Waals surface area contributed by atoms with Crippen LogP contribution in [0.3, 0.4) is 0 Å². The van der Waals surface area contributed by atoms with E-state index in [-0.39, 0.29) is 6.04 Å². The lowest BCUT2D eigenvalue weighted by Crippen LogP contribution is -2.34. The van der Waals surface area contributed by atoms with Gasteiger partial charge in [0, 0.05) is 10.0 Å². The molecule has 1 rings (SSSR count). The third-order valence-electron chi connectivity index (χ3n) is 2.18. The van der Waals surface area contributed by atoms with Crippen LogP contribution in [-0.4, -0.2) is 12.5 Å². The fraction of sp³-hybridized carbons (Fsp3) is 0.250. The number of guanidine groups is 1. The van der Waals surface area contributed by atoms with Gasteiger partial charge in [0.15, 0.2) is 5.96 Å². The van der Waals surface area contributed by atoms with E-state index in [0.29, 0.717) is 22.5 Å². The zero-order chi connectivity index (χ0) is 12.8. The molecule has 0 aliphatic carbocycles. The van der Waals surface area contributed by atoms with Crippen molar-refractivity contribution in [1.82, 2.24) is 5.32 Å². The van der Waals surface area contributed by atoms with Crippen molar-refractivity contribution in [2.45, 2.75) is 13.0 Å². The second-order valence-corrected chi connectivity index (χ2v) is 4.39. The number of hydrogen-bond donors (Lipinski definition) is 2. The number of nitrogens with one attached hydrogen (secondary N) is 1. The molecule has 1 atom stereocenters. The molecule has 1 unspecified atom stereocenters. The Morgan fingerprint density at radius 2 is 2.29 bits per heavy atom. The summed E-state index contributed by atoms with van der Waals surface area (Å²) in [5.74, 6) is 0.364. The first-order valence-electron chi connectivity index (χ1n) is 5.17. The number of rotatable bonds is 4. The summed E-state index contributed by atoms with van der Waals surface area (Å²) < 4.78 is 0. The van der Waals surface area contributed by atoms with E-state index in [4.69, 9.17) is 28.9 Å². The van der Waals surface area contributed by atoms with Crippen molar-refractivity contribution in [1.29, 1.82) is 0 Å². The molecule has 92 valence electrons. The first-order chi connectivity index (χ1) is 8.04. The Balaban J connectivity index is 2.76. The van der Waals surface area contributed by atoms with Crippen LogP contribution in [0.1, 0.15) is 18.5 Å². The van der Waals surface area contributed by atoms with Gasteiger partial charge < -0.3 is 11.1 Å². The Labute approximate surface area is 111 Å². The van der Waals surface area contributed by atoms with E-state index in [9.17, 15) is 0 Å². The van der Waals surface area contributed by atoms with Crippen LogP contribution >= 0.6 is 23.2 Å². The zero-order valence-corrected chi connectivity index (χ0v) is 11.1. The van der Waals surface area contributed by atoms with Crippen LogP contribution in [0, 0.1) is 0 Å². The smallest absolute Gasteiger partial charge is 0.189 e. The summed E-state index contributed by atoms with van der Waals surface area (Å²) in [4.78, 5) is 4.05. The van der Waals surface area contributed by atoms with E-state index >= 15 is 0 Å². The molecule has 5 heteroatoms. The van der Waals surface area contributed by atoms with Crippen LogP contribution in [-0.2, 0) is 0 Å². The molecule has 0 saturated heterocycles. The van der Waals surface area contributed by atoms with E-state index in [0.717, 1.165) is 5.56 Å². The highest BCUT2D eigenvalue weighted by molar-refractivity contribution is 6.35. The standard InChI is InChI=1S/C12H15Cl2N3/c1-3-6-16-12(15)17-8(2)10-5-4-9(13)7-11(10)14/h3-5,7-8H,1,6H2,2H3,(H3,15,16,17). The summed E-state index contributed by atoms with van der Waals surface area (Å²) in [5.41, 5.74) is 6.62. The SMILES string of the molecule is C=CCN=C(N)NC(C)c1ccc(Cl)cc1Cl. The lowest BCUT2D eigenvalue weighted by atomic mass is 10.1. The van der Waals surface area contributed by atoms with Crippen molar-refractivity contribution in [3.05, 3.63) is 46.5 Å². The second kappa shape index (κ2) is 6.52. The highest BCUT2D eigenvalue weighted by atomic mass is 35.5. The summed E-state index contributed by atoms with van der Waals surface area (Å²) in [6, 6.07) is 5.32. The molecule has 0 aliphatic heterocycles. The Morgan fingerprint density at radius 3 is 2.88 bits per heavy atom. The summed E-state index contributed by atoms with van der Waals surface area (Å²) in [6.07, 6.45) is 1.68. The zero-order valence-electron chi connectivity index (χ0n) is 9.58. The molecule has 17 heavy (non-hydrogen) atoms. The Bertz CT molecular complexity index is 430. The van der Waals surface area contributed by atoms with Gasteiger partial charge in [0.1, 0.15) is 0 Å².